The van der Waals surface area contributed by atoms with Crippen LogP contribution in [0.1, 0.15) is 58.4 Å². The van der Waals surface area contributed by atoms with Gasteiger partial charge in [-0.2, -0.15) is 0 Å². The van der Waals surface area contributed by atoms with Crippen LogP contribution in [0.15, 0.2) is 249 Å². The lowest BCUT2D eigenvalue weighted by atomic mass is 9.30. The highest BCUT2D eigenvalue weighted by molar-refractivity contribution is 7.02. The summed E-state index contributed by atoms with van der Waals surface area (Å²) in [6, 6.07) is 94.9. The van der Waals surface area contributed by atoms with E-state index in [4.69, 9.17) is 4.74 Å². The van der Waals surface area contributed by atoms with Crippen LogP contribution in [0, 0.1) is 11.8 Å². The first kappa shape index (κ1) is 49.9. The molecule has 5 nitrogen and oxygen atoms in total. The van der Waals surface area contributed by atoms with Gasteiger partial charge in [0.2, 0.25) is 0 Å². The maximum atomic E-state index is 7.74. The van der Waals surface area contributed by atoms with Crippen LogP contribution in [0.5, 0.6) is 11.5 Å². The largest absolute Gasteiger partial charge is 0.458 e. The quantitative estimate of drug-likeness (QED) is 0.148. The minimum Gasteiger partial charge on any atom is -0.458 e. The zero-order chi connectivity index (χ0) is 56.9. The molecule has 86 heavy (non-hydrogen) atoms. The molecule has 8 aliphatic rings. The number of anilines is 10. The summed E-state index contributed by atoms with van der Waals surface area (Å²) in [5.41, 5.74) is 27.6. The van der Waals surface area contributed by atoms with Gasteiger partial charge in [0, 0.05) is 86.5 Å². The fraction of sp³-hybridized carbons (Fsp3) is 0.165. The number of hydrogen-bond acceptors (Lipinski definition) is 5. The molecule has 2 aliphatic carbocycles. The van der Waals surface area contributed by atoms with E-state index in [1.165, 1.54) is 138 Å². The van der Waals surface area contributed by atoms with Gasteiger partial charge >= 0.3 is 0 Å². The van der Waals surface area contributed by atoms with E-state index in [1.807, 2.05) is 0 Å². The van der Waals surface area contributed by atoms with Gasteiger partial charge in [-0.15, -0.1) is 0 Å². The minimum absolute atomic E-state index is 0.0811. The maximum absolute atomic E-state index is 7.74. The van der Waals surface area contributed by atoms with Gasteiger partial charge in [-0.25, -0.2) is 0 Å². The van der Waals surface area contributed by atoms with Crippen molar-refractivity contribution in [1.29, 1.82) is 0 Å². The van der Waals surface area contributed by atoms with Crippen LogP contribution in [0.3, 0.4) is 0 Å². The van der Waals surface area contributed by atoms with E-state index in [0.29, 0.717) is 12.1 Å². The van der Waals surface area contributed by atoms with Gasteiger partial charge in [-0.1, -0.05) is 191 Å². The van der Waals surface area contributed by atoms with Crippen molar-refractivity contribution < 1.29 is 4.74 Å². The summed E-state index contributed by atoms with van der Waals surface area (Å²) in [7, 11) is 0. The fourth-order valence-electron chi connectivity index (χ4n) is 17.0. The molecular formula is C79H64B2N4O. The molecule has 0 spiro atoms. The van der Waals surface area contributed by atoms with Gasteiger partial charge in [-0.05, 0) is 177 Å². The highest BCUT2D eigenvalue weighted by Gasteiger charge is 2.51. The molecule has 19 rings (SSSR count). The Bertz CT molecular complexity index is 4440. The minimum atomic E-state index is -0.207. The molecule has 11 aromatic rings. The van der Waals surface area contributed by atoms with E-state index >= 15 is 0 Å². The van der Waals surface area contributed by atoms with Crippen LogP contribution < -0.4 is 57.1 Å². The molecule has 412 valence electrons. The number of hydrogen-bond donors (Lipinski definition) is 0. The lowest BCUT2D eigenvalue weighted by molar-refractivity contribution is 0.0900. The van der Waals surface area contributed by atoms with E-state index in [1.54, 1.807) is 0 Å². The SMILES string of the molecule is CC(C)(C)c1cc2c3c(c1)N(c1c(-c4ccccc4)cc(-c4ccccc4)cc1-c1ccccc1)c1ccccc1B3c1cc3c(cc1N2c1ccccc1)Oc1cc(N2C4CC5CC(C4)CC2C5)cc2c1B3c1ccccc1N2c1ccccc1. The predicted octanol–water partition coefficient (Wildman–Crippen LogP) is 16.2. The summed E-state index contributed by atoms with van der Waals surface area (Å²) in [6.07, 6.45) is 6.60. The molecule has 0 amide bonds. The van der Waals surface area contributed by atoms with Gasteiger partial charge in [-0.3, -0.25) is 0 Å². The van der Waals surface area contributed by atoms with Crippen LogP contribution in [-0.2, 0) is 5.41 Å². The number of benzene rings is 11. The van der Waals surface area contributed by atoms with Crippen LogP contribution in [0.2, 0.25) is 0 Å². The molecule has 0 aromatic heterocycles. The van der Waals surface area contributed by atoms with E-state index < -0.39 is 0 Å². The molecule has 4 fully saturated rings. The van der Waals surface area contributed by atoms with Crippen molar-refractivity contribution in [3.63, 3.8) is 0 Å². The second kappa shape index (κ2) is 19.0. The summed E-state index contributed by atoms with van der Waals surface area (Å²) in [5, 5.41) is 0. The first-order chi connectivity index (χ1) is 42.3. The Hall–Kier alpha value is -9.45. The molecule has 11 aromatic carbocycles. The summed E-state index contributed by atoms with van der Waals surface area (Å²) >= 11 is 0. The molecule has 0 unspecified atom stereocenters. The molecular weight excluding hydrogens is 1040 g/mol. The average molecular weight is 1110 g/mol. The Morgan fingerprint density at radius 3 is 1.37 bits per heavy atom. The van der Waals surface area contributed by atoms with E-state index in [9.17, 15) is 0 Å². The van der Waals surface area contributed by atoms with Crippen LogP contribution in [-0.4, -0.2) is 25.5 Å². The average Bonchev–Trinajstić information content (AvgIpc) is 0.726. The van der Waals surface area contributed by atoms with Crippen molar-refractivity contribution in [2.24, 2.45) is 11.8 Å². The molecule has 2 saturated carbocycles. The van der Waals surface area contributed by atoms with Gasteiger partial charge in [0.05, 0.1) is 5.69 Å². The van der Waals surface area contributed by atoms with Crippen molar-refractivity contribution in [2.75, 3.05) is 19.6 Å². The first-order valence-electron chi connectivity index (χ1n) is 31.3. The Balaban J connectivity index is 0.908. The standard InChI is InChI=1S/C79H64B2N4O/c1-79(2,3)56-44-71-76-72(45-56)85(78-62(53-25-11-5-12-26-53)42-55(52-23-9-4-10-24-52)43-63(78)54-27-13-6-14-28-54)69-36-22-20-34-65(69)80(76)66-48-67-74(49-70(66)84(71)58-31-17-8-18-32-58)86-75-47-61(82-59-38-50-37-51(40-59)41-60(82)39-50)46-73-77(75)81(67)64-33-19-21-35-68(64)83(73)57-29-15-7-16-30-57/h4-36,42-51,59-60H,37-41H2,1-3H3. The molecule has 2 saturated heterocycles. The normalized spacial score (nSPS) is 18.8. The Morgan fingerprint density at radius 1 is 0.349 bits per heavy atom. The summed E-state index contributed by atoms with van der Waals surface area (Å²) in [6.45, 7) is 6.90. The third-order valence-corrected chi connectivity index (χ3v) is 20.4. The highest BCUT2D eigenvalue weighted by Crippen LogP contribution is 2.55. The number of fused-ring (bicyclic) bond motifs is 8. The zero-order valence-corrected chi connectivity index (χ0v) is 48.9. The number of para-hydroxylation sites is 4. The van der Waals surface area contributed by atoms with Crippen molar-refractivity contribution in [2.45, 2.75) is 70.4 Å². The lowest BCUT2D eigenvalue weighted by Crippen LogP contribution is -2.64. The Morgan fingerprint density at radius 2 is 0.814 bits per heavy atom. The zero-order valence-electron chi connectivity index (χ0n) is 48.9. The van der Waals surface area contributed by atoms with E-state index in [0.717, 1.165) is 46.1 Å². The summed E-state index contributed by atoms with van der Waals surface area (Å²) in [5.74, 6) is 3.61. The second-order valence-electron chi connectivity index (χ2n) is 26.4. The topological polar surface area (TPSA) is 22.2 Å². The highest BCUT2D eigenvalue weighted by atomic mass is 16.5. The predicted molar refractivity (Wildman–Crippen MR) is 361 cm³/mol. The maximum Gasteiger partial charge on any atom is 0.256 e. The van der Waals surface area contributed by atoms with E-state index in [2.05, 4.69) is 289 Å². The number of nitrogens with zero attached hydrogens (tertiary/aromatic N) is 4. The Kier molecular flexibility index (Phi) is 11.0. The van der Waals surface area contributed by atoms with Crippen molar-refractivity contribution >= 4 is 103 Å². The van der Waals surface area contributed by atoms with Crippen molar-refractivity contribution in [3.8, 4) is 44.9 Å². The fourth-order valence-corrected chi connectivity index (χ4v) is 17.0. The van der Waals surface area contributed by atoms with Crippen LogP contribution in [0.4, 0.5) is 56.9 Å². The summed E-state index contributed by atoms with van der Waals surface area (Å²) in [4.78, 5) is 10.6. The van der Waals surface area contributed by atoms with Crippen LogP contribution in [0.25, 0.3) is 33.4 Å². The number of piperidine rings is 2. The van der Waals surface area contributed by atoms with Gasteiger partial charge in [0.25, 0.3) is 13.4 Å². The third-order valence-electron chi connectivity index (χ3n) is 20.4. The molecule has 6 heterocycles. The molecule has 7 heteroatoms. The van der Waals surface area contributed by atoms with E-state index in [-0.39, 0.29) is 18.8 Å². The number of ether oxygens (including phenoxy) is 1. The Labute approximate surface area is 506 Å². The van der Waals surface area contributed by atoms with Crippen LogP contribution >= 0.6 is 0 Å². The number of rotatable bonds is 7. The summed E-state index contributed by atoms with van der Waals surface area (Å²) < 4.78 is 7.74. The van der Waals surface area contributed by atoms with Crippen molar-refractivity contribution in [1.82, 2.24) is 0 Å². The van der Waals surface area contributed by atoms with Gasteiger partial charge in [0.1, 0.15) is 11.5 Å². The van der Waals surface area contributed by atoms with Gasteiger partial charge in [0.15, 0.2) is 0 Å². The molecule has 0 radical (unpaired) electrons. The third kappa shape index (κ3) is 7.59. The monoisotopic (exact) mass is 1110 g/mol. The smallest absolute Gasteiger partial charge is 0.256 e. The molecule has 0 N–H and O–H groups in total. The lowest BCUT2D eigenvalue weighted by Gasteiger charge is -2.57. The van der Waals surface area contributed by atoms with Gasteiger partial charge < -0.3 is 24.3 Å². The first-order valence-corrected chi connectivity index (χ1v) is 31.3. The second-order valence-corrected chi connectivity index (χ2v) is 26.4. The molecule has 0 atom stereocenters. The molecule has 6 aliphatic heterocycles. The molecule has 4 bridgehead atoms. The van der Waals surface area contributed by atoms with Crippen molar-refractivity contribution in [3.05, 3.63) is 254 Å².